The third-order valence-corrected chi connectivity index (χ3v) is 8.25. The highest BCUT2D eigenvalue weighted by Crippen LogP contribution is 2.33. The van der Waals surface area contributed by atoms with Crippen LogP contribution in [0.4, 0.5) is 10.5 Å². The molecule has 4 rings (SSSR count). The van der Waals surface area contributed by atoms with Crippen molar-refractivity contribution in [2.45, 2.75) is 84.2 Å². The van der Waals surface area contributed by atoms with Gasteiger partial charge in [-0.1, -0.05) is 85.6 Å². The van der Waals surface area contributed by atoms with Crippen LogP contribution in [0.1, 0.15) is 76.8 Å². The van der Waals surface area contributed by atoms with Crippen LogP contribution < -0.4 is 9.64 Å². The summed E-state index contributed by atoms with van der Waals surface area (Å²) in [7, 11) is 0. The van der Waals surface area contributed by atoms with E-state index in [1.807, 2.05) is 75.4 Å². The number of rotatable bonds is 18. The first kappa shape index (κ1) is 37.7. The maximum Gasteiger partial charge on any atom is 0.414 e. The molecule has 0 saturated carbocycles. The molecule has 50 heavy (non-hydrogen) atoms. The number of aryl methyl sites for hydroxylation is 1. The molecule has 0 aliphatic carbocycles. The van der Waals surface area contributed by atoms with Gasteiger partial charge in [-0.2, -0.15) is 0 Å². The van der Waals surface area contributed by atoms with E-state index >= 15 is 0 Å². The van der Waals surface area contributed by atoms with Crippen LogP contribution in [0.5, 0.6) is 5.75 Å². The number of anilines is 1. The maximum absolute atomic E-state index is 13.7. The lowest BCUT2D eigenvalue weighted by atomic mass is 9.96. The molecule has 0 bridgehead atoms. The van der Waals surface area contributed by atoms with Crippen LogP contribution in [-0.4, -0.2) is 47.0 Å². The number of amides is 1. The van der Waals surface area contributed by atoms with Crippen LogP contribution in [0.3, 0.4) is 0 Å². The molecule has 0 radical (unpaired) electrons. The summed E-state index contributed by atoms with van der Waals surface area (Å²) in [5, 5.41) is 18.3. The van der Waals surface area contributed by atoms with Gasteiger partial charge >= 0.3 is 18.0 Å². The number of carbonyl (C=O) groups is 3. The van der Waals surface area contributed by atoms with Crippen molar-refractivity contribution in [2.75, 3.05) is 18.1 Å². The van der Waals surface area contributed by atoms with Gasteiger partial charge in [-0.3, -0.25) is 14.5 Å². The van der Waals surface area contributed by atoms with E-state index < -0.39 is 17.5 Å². The lowest BCUT2D eigenvalue weighted by Gasteiger charge is -2.28. The Morgan fingerprint density at radius 3 is 1.82 bits per heavy atom. The van der Waals surface area contributed by atoms with E-state index in [1.54, 1.807) is 4.90 Å². The Morgan fingerprint density at radius 1 is 0.640 bits per heavy atom. The molecule has 0 saturated heterocycles. The fourth-order valence-corrected chi connectivity index (χ4v) is 5.85. The minimum atomic E-state index is -0.878. The predicted molar refractivity (Wildman–Crippen MR) is 198 cm³/mol. The van der Waals surface area contributed by atoms with Gasteiger partial charge in [-0.05, 0) is 111 Å². The lowest BCUT2D eigenvalue weighted by Crippen LogP contribution is -2.37. The van der Waals surface area contributed by atoms with Crippen LogP contribution >= 0.6 is 0 Å². The summed E-state index contributed by atoms with van der Waals surface area (Å²) in [5.41, 5.74) is 6.20. The highest BCUT2D eigenvalue weighted by atomic mass is 16.6. The molecule has 0 aliphatic rings. The second kappa shape index (κ2) is 18.6. The standard InChI is InChI=1S/C42H49NO7/c1-42(2,3)50-41(48)43(36-29-34(31-16-9-6-10-17-31)28-35(30-36)32-18-11-7-12-19-32)26-13-5-4-8-20-33-21-14-22-38(37(33)24-25-40(46)47)49-27-15-23-39(44)45/h6-7,9-12,14,16-19,21-22,28-30H,4-5,8,13,15,20,23-27H2,1-3H3,(H,44,45)(H,46,47). The predicted octanol–water partition coefficient (Wildman–Crippen LogP) is 9.83. The molecule has 1 amide bonds. The first-order valence-electron chi connectivity index (χ1n) is 17.4. The van der Waals surface area contributed by atoms with Crippen molar-refractivity contribution in [2.24, 2.45) is 0 Å². The molecule has 0 heterocycles. The number of benzene rings is 4. The van der Waals surface area contributed by atoms with Gasteiger partial charge in [0, 0.05) is 25.1 Å². The molecular formula is C42H49NO7. The average molecular weight is 680 g/mol. The van der Waals surface area contributed by atoms with Crippen LogP contribution in [0.15, 0.2) is 97.1 Å². The average Bonchev–Trinajstić information content (AvgIpc) is 3.09. The van der Waals surface area contributed by atoms with E-state index in [-0.39, 0.29) is 25.5 Å². The first-order valence-corrected chi connectivity index (χ1v) is 17.4. The fourth-order valence-electron chi connectivity index (χ4n) is 5.85. The molecule has 2 N–H and O–H groups in total. The molecule has 0 aromatic heterocycles. The highest BCUT2D eigenvalue weighted by molar-refractivity contribution is 5.91. The molecule has 0 spiro atoms. The molecular weight excluding hydrogens is 630 g/mol. The lowest BCUT2D eigenvalue weighted by molar-refractivity contribution is -0.138. The zero-order valence-electron chi connectivity index (χ0n) is 29.4. The minimum Gasteiger partial charge on any atom is -0.493 e. The van der Waals surface area contributed by atoms with Crippen LogP contribution in [0.2, 0.25) is 0 Å². The Kier molecular flexibility index (Phi) is 14.0. The fraction of sp³-hybridized carbons (Fsp3) is 0.357. The van der Waals surface area contributed by atoms with Gasteiger partial charge in [-0.15, -0.1) is 0 Å². The largest absolute Gasteiger partial charge is 0.493 e. The van der Waals surface area contributed by atoms with E-state index in [9.17, 15) is 19.5 Å². The summed E-state index contributed by atoms with van der Waals surface area (Å²) in [4.78, 5) is 37.7. The van der Waals surface area contributed by atoms with Gasteiger partial charge in [0.05, 0.1) is 6.61 Å². The van der Waals surface area contributed by atoms with Gasteiger partial charge in [0.2, 0.25) is 0 Å². The number of carbonyl (C=O) groups excluding carboxylic acids is 1. The number of unbranched alkanes of at least 4 members (excludes halogenated alkanes) is 3. The molecule has 264 valence electrons. The smallest absolute Gasteiger partial charge is 0.414 e. The first-order chi connectivity index (χ1) is 24.0. The number of hydrogen-bond acceptors (Lipinski definition) is 5. The molecule has 0 fully saturated rings. The summed E-state index contributed by atoms with van der Waals surface area (Å²) in [6.07, 6.45) is 4.57. The molecule has 0 unspecified atom stereocenters. The Bertz CT molecular complexity index is 1640. The number of carboxylic acid groups (broad SMARTS) is 2. The number of aliphatic carboxylic acids is 2. The van der Waals surface area contributed by atoms with Gasteiger partial charge in [0.25, 0.3) is 0 Å². The Balaban J connectivity index is 1.47. The van der Waals surface area contributed by atoms with Crippen LogP contribution in [0, 0.1) is 0 Å². The molecule has 8 nitrogen and oxygen atoms in total. The van der Waals surface area contributed by atoms with Crippen LogP contribution in [0.25, 0.3) is 22.3 Å². The summed E-state index contributed by atoms with van der Waals surface area (Å²) < 4.78 is 11.8. The van der Waals surface area contributed by atoms with Crippen molar-refractivity contribution < 1.29 is 34.1 Å². The normalized spacial score (nSPS) is 11.2. The number of carboxylic acids is 2. The SMILES string of the molecule is CC(C)(C)OC(=O)N(CCCCCCc1cccc(OCCCC(=O)O)c1CCC(=O)O)c1cc(-c2ccccc2)cc(-c2ccccc2)c1. The minimum absolute atomic E-state index is 0.0134. The third kappa shape index (κ3) is 12.1. The monoisotopic (exact) mass is 679 g/mol. The molecule has 4 aromatic carbocycles. The molecule has 0 atom stereocenters. The molecule has 8 heteroatoms. The second-order valence-electron chi connectivity index (χ2n) is 13.4. The maximum atomic E-state index is 13.7. The van der Waals surface area contributed by atoms with E-state index in [4.69, 9.17) is 14.6 Å². The quantitative estimate of drug-likeness (QED) is 0.101. The number of ether oxygens (including phenoxy) is 2. The number of hydrogen-bond donors (Lipinski definition) is 2. The second-order valence-corrected chi connectivity index (χ2v) is 13.4. The molecule has 4 aromatic rings. The molecule has 0 aliphatic heterocycles. The van der Waals surface area contributed by atoms with Gasteiger partial charge in [-0.25, -0.2) is 4.79 Å². The van der Waals surface area contributed by atoms with Crippen molar-refractivity contribution in [3.8, 4) is 28.0 Å². The summed E-state index contributed by atoms with van der Waals surface area (Å²) in [5.74, 6) is -1.13. The van der Waals surface area contributed by atoms with Gasteiger partial charge < -0.3 is 19.7 Å². The topological polar surface area (TPSA) is 113 Å². The van der Waals surface area contributed by atoms with Gasteiger partial charge in [0.15, 0.2) is 0 Å². The Morgan fingerprint density at radius 2 is 1.24 bits per heavy atom. The zero-order chi connectivity index (χ0) is 35.9. The highest BCUT2D eigenvalue weighted by Gasteiger charge is 2.24. The van der Waals surface area contributed by atoms with Crippen molar-refractivity contribution in [3.63, 3.8) is 0 Å². The van der Waals surface area contributed by atoms with Crippen molar-refractivity contribution in [1.29, 1.82) is 0 Å². The van der Waals surface area contributed by atoms with Crippen molar-refractivity contribution in [3.05, 3.63) is 108 Å². The summed E-state index contributed by atoms with van der Waals surface area (Å²) in [6, 6.07) is 32.3. The van der Waals surface area contributed by atoms with E-state index in [0.717, 1.165) is 71.2 Å². The van der Waals surface area contributed by atoms with Crippen molar-refractivity contribution >= 4 is 23.7 Å². The van der Waals surface area contributed by atoms with Crippen molar-refractivity contribution in [1.82, 2.24) is 0 Å². The third-order valence-electron chi connectivity index (χ3n) is 8.25. The summed E-state index contributed by atoms with van der Waals surface area (Å²) >= 11 is 0. The Labute approximate surface area is 295 Å². The zero-order valence-corrected chi connectivity index (χ0v) is 29.4. The number of nitrogens with zero attached hydrogens (tertiary/aromatic N) is 1. The van der Waals surface area contributed by atoms with E-state index in [0.29, 0.717) is 25.1 Å². The Hall–Kier alpha value is -5.11. The van der Waals surface area contributed by atoms with Crippen LogP contribution in [-0.2, 0) is 27.2 Å². The summed E-state index contributed by atoms with van der Waals surface area (Å²) in [6.45, 7) is 6.37. The van der Waals surface area contributed by atoms with E-state index in [2.05, 4.69) is 42.5 Å². The van der Waals surface area contributed by atoms with E-state index in [1.165, 1.54) is 0 Å². The van der Waals surface area contributed by atoms with Gasteiger partial charge in [0.1, 0.15) is 11.4 Å².